The van der Waals surface area contributed by atoms with Gasteiger partial charge in [-0.1, -0.05) is 6.07 Å². The number of β-amino-alcohol motifs (C(OH)–C–C–N with tert-alkyl or cyclic N) is 1. The lowest BCUT2D eigenvalue weighted by molar-refractivity contribution is -0.133. The molecule has 1 aliphatic rings. The van der Waals surface area contributed by atoms with Gasteiger partial charge in [0.2, 0.25) is 0 Å². The van der Waals surface area contributed by atoms with Gasteiger partial charge in [0, 0.05) is 19.2 Å². The summed E-state index contributed by atoms with van der Waals surface area (Å²) in [5, 5.41) is 17.3. The van der Waals surface area contributed by atoms with E-state index in [-0.39, 0.29) is 19.0 Å². The summed E-state index contributed by atoms with van der Waals surface area (Å²) in [5.41, 5.74) is -0.863. The normalized spacial score (nSPS) is 19.6. The van der Waals surface area contributed by atoms with Crippen LogP contribution in [-0.4, -0.2) is 78.3 Å². The summed E-state index contributed by atoms with van der Waals surface area (Å²) in [6, 6.07) is 5.68. The molecule has 1 aromatic carbocycles. The van der Waals surface area contributed by atoms with Crippen LogP contribution in [0.3, 0.4) is 0 Å². The van der Waals surface area contributed by atoms with Gasteiger partial charge in [-0.05, 0) is 32.6 Å². The molecule has 7 nitrogen and oxygen atoms in total. The van der Waals surface area contributed by atoms with Crippen molar-refractivity contribution in [1.29, 1.82) is 0 Å². The first kappa shape index (κ1) is 19.9. The topological polar surface area (TPSA) is 90.3 Å². The molecule has 0 saturated carbocycles. The van der Waals surface area contributed by atoms with E-state index in [1.54, 1.807) is 11.0 Å². The zero-order valence-corrected chi connectivity index (χ0v) is 13.8. The van der Waals surface area contributed by atoms with Gasteiger partial charge in [-0.25, -0.2) is 4.39 Å². The zero-order valence-electron chi connectivity index (χ0n) is 13.8. The first-order valence-corrected chi connectivity index (χ1v) is 7.41. The fourth-order valence-electron chi connectivity index (χ4n) is 2.58. The second-order valence-electron chi connectivity index (χ2n) is 5.88. The average Bonchev–Trinajstić information content (AvgIpc) is 2.87. The Morgan fingerprint density at radius 2 is 2.17 bits per heavy atom. The van der Waals surface area contributed by atoms with E-state index >= 15 is 0 Å². The lowest BCUT2D eigenvalue weighted by Gasteiger charge is -2.26. The molecule has 1 fully saturated rings. The second kappa shape index (κ2) is 9.19. The number of rotatable bonds is 5. The van der Waals surface area contributed by atoms with Gasteiger partial charge in [-0.2, -0.15) is 0 Å². The van der Waals surface area contributed by atoms with Crippen molar-refractivity contribution in [2.45, 2.75) is 12.0 Å². The molecule has 1 unspecified atom stereocenters. The molecule has 134 valence electrons. The standard InChI is InChI=1S/C15H21FN2O3.CH2O2/c1-17(2)10-15(20)6-7-18(11-15)14(19)9-21-13-5-3-4-12(16)8-13;2-1-3/h3-5,8,20H,6-7,9-11H2,1-2H3;1H,(H,2,3). The number of halogens is 1. The van der Waals surface area contributed by atoms with Gasteiger partial charge in [0.15, 0.2) is 6.61 Å². The Bertz CT molecular complexity index is 555. The van der Waals surface area contributed by atoms with Crippen molar-refractivity contribution in [2.24, 2.45) is 0 Å². The van der Waals surface area contributed by atoms with Crippen molar-refractivity contribution >= 4 is 12.4 Å². The van der Waals surface area contributed by atoms with E-state index in [1.807, 2.05) is 19.0 Å². The molecule has 2 N–H and O–H groups in total. The molecule has 24 heavy (non-hydrogen) atoms. The number of hydrogen-bond acceptors (Lipinski definition) is 5. The summed E-state index contributed by atoms with van der Waals surface area (Å²) >= 11 is 0. The molecule has 1 aromatic rings. The zero-order chi connectivity index (χ0) is 18.2. The van der Waals surface area contributed by atoms with Gasteiger partial charge in [0.05, 0.1) is 12.1 Å². The number of benzene rings is 1. The SMILES string of the molecule is CN(C)CC1(O)CCN(C(=O)COc2cccc(F)c2)C1.O=CO. The Morgan fingerprint density at radius 3 is 2.75 bits per heavy atom. The lowest BCUT2D eigenvalue weighted by atomic mass is 10.0. The first-order chi connectivity index (χ1) is 11.3. The predicted molar refractivity (Wildman–Crippen MR) is 85.3 cm³/mol. The van der Waals surface area contributed by atoms with Crippen LogP contribution in [0.2, 0.25) is 0 Å². The van der Waals surface area contributed by atoms with Gasteiger partial charge in [0.1, 0.15) is 11.6 Å². The van der Waals surface area contributed by atoms with Gasteiger partial charge in [-0.3, -0.25) is 9.59 Å². The molecule has 0 spiro atoms. The molecular formula is C16H23FN2O5. The molecule has 1 heterocycles. The average molecular weight is 342 g/mol. The number of amides is 1. The third-order valence-electron chi connectivity index (χ3n) is 3.45. The van der Waals surface area contributed by atoms with Crippen LogP contribution in [0.4, 0.5) is 4.39 Å². The Morgan fingerprint density at radius 1 is 1.50 bits per heavy atom. The number of likely N-dealkylation sites (tertiary alicyclic amines) is 1. The van der Waals surface area contributed by atoms with Gasteiger partial charge in [-0.15, -0.1) is 0 Å². The summed E-state index contributed by atoms with van der Waals surface area (Å²) in [6.07, 6.45) is 0.552. The molecule has 2 rings (SSSR count). The van der Waals surface area contributed by atoms with Crippen LogP contribution < -0.4 is 4.74 Å². The minimum atomic E-state index is -0.863. The van der Waals surface area contributed by atoms with Gasteiger partial charge >= 0.3 is 0 Å². The molecule has 0 bridgehead atoms. The molecule has 1 atom stereocenters. The van der Waals surface area contributed by atoms with E-state index in [9.17, 15) is 14.3 Å². The number of carbonyl (C=O) groups excluding carboxylic acids is 1. The maximum atomic E-state index is 13.0. The Hall–Kier alpha value is -2.19. The molecule has 0 aromatic heterocycles. The van der Waals surface area contributed by atoms with E-state index in [1.165, 1.54) is 18.2 Å². The molecular weight excluding hydrogens is 319 g/mol. The van der Waals surface area contributed by atoms with Crippen LogP contribution in [0, 0.1) is 5.82 Å². The van der Waals surface area contributed by atoms with Crippen LogP contribution in [0.5, 0.6) is 5.75 Å². The third-order valence-corrected chi connectivity index (χ3v) is 3.45. The second-order valence-corrected chi connectivity index (χ2v) is 5.88. The number of hydrogen-bond donors (Lipinski definition) is 2. The van der Waals surface area contributed by atoms with Crippen molar-refractivity contribution in [2.75, 3.05) is 40.3 Å². The quantitative estimate of drug-likeness (QED) is 0.754. The summed E-state index contributed by atoms with van der Waals surface area (Å²) in [5.74, 6) is -0.276. The number of likely N-dealkylation sites (N-methyl/N-ethyl adjacent to an activating group) is 1. The first-order valence-electron chi connectivity index (χ1n) is 7.41. The largest absolute Gasteiger partial charge is 0.484 e. The maximum absolute atomic E-state index is 13.0. The highest BCUT2D eigenvalue weighted by atomic mass is 19.1. The van der Waals surface area contributed by atoms with Crippen molar-refractivity contribution < 1.29 is 28.9 Å². The summed E-state index contributed by atoms with van der Waals surface area (Å²) < 4.78 is 18.3. The molecule has 1 amide bonds. The number of carboxylic acid groups (broad SMARTS) is 1. The van der Waals surface area contributed by atoms with Crippen molar-refractivity contribution in [3.63, 3.8) is 0 Å². The minimum Gasteiger partial charge on any atom is -0.484 e. The highest BCUT2D eigenvalue weighted by Crippen LogP contribution is 2.22. The fraction of sp³-hybridized carbons (Fsp3) is 0.500. The molecule has 8 heteroatoms. The predicted octanol–water partition coefficient (Wildman–Crippen LogP) is 0.430. The fourth-order valence-corrected chi connectivity index (χ4v) is 2.58. The van der Waals surface area contributed by atoms with Crippen LogP contribution in [0.15, 0.2) is 24.3 Å². The number of aliphatic hydroxyl groups is 1. The Balaban J connectivity index is 0.000000891. The van der Waals surface area contributed by atoms with Crippen molar-refractivity contribution in [3.05, 3.63) is 30.1 Å². The Labute approximate surface area is 140 Å². The highest BCUT2D eigenvalue weighted by molar-refractivity contribution is 5.78. The monoisotopic (exact) mass is 342 g/mol. The molecule has 1 saturated heterocycles. The smallest absolute Gasteiger partial charge is 0.290 e. The molecule has 0 radical (unpaired) electrons. The van der Waals surface area contributed by atoms with E-state index in [4.69, 9.17) is 14.6 Å². The van der Waals surface area contributed by atoms with E-state index in [0.717, 1.165) is 0 Å². The highest BCUT2D eigenvalue weighted by Gasteiger charge is 2.38. The maximum Gasteiger partial charge on any atom is 0.290 e. The number of ether oxygens (including phenoxy) is 1. The Kier molecular flexibility index (Phi) is 7.60. The number of nitrogens with zero attached hydrogens (tertiary/aromatic N) is 2. The minimum absolute atomic E-state index is 0.151. The lowest BCUT2D eigenvalue weighted by Crippen LogP contribution is -2.44. The van der Waals surface area contributed by atoms with E-state index < -0.39 is 11.4 Å². The summed E-state index contributed by atoms with van der Waals surface area (Å²) in [4.78, 5) is 23.9. The van der Waals surface area contributed by atoms with Crippen LogP contribution >= 0.6 is 0 Å². The number of carbonyl (C=O) groups is 2. The molecule has 1 aliphatic heterocycles. The summed E-state index contributed by atoms with van der Waals surface area (Å²) in [6.45, 7) is 0.926. The van der Waals surface area contributed by atoms with E-state index in [0.29, 0.717) is 31.8 Å². The van der Waals surface area contributed by atoms with Gasteiger partial charge in [0.25, 0.3) is 12.4 Å². The third kappa shape index (κ3) is 6.51. The van der Waals surface area contributed by atoms with Gasteiger partial charge < -0.3 is 24.7 Å². The molecule has 0 aliphatic carbocycles. The van der Waals surface area contributed by atoms with Crippen LogP contribution in [0.1, 0.15) is 6.42 Å². The van der Waals surface area contributed by atoms with E-state index in [2.05, 4.69) is 0 Å². The van der Waals surface area contributed by atoms with Crippen LogP contribution in [-0.2, 0) is 9.59 Å². The van der Waals surface area contributed by atoms with Crippen LogP contribution in [0.25, 0.3) is 0 Å². The van der Waals surface area contributed by atoms with Crippen molar-refractivity contribution in [1.82, 2.24) is 9.80 Å². The van der Waals surface area contributed by atoms with Crippen molar-refractivity contribution in [3.8, 4) is 5.75 Å². The summed E-state index contributed by atoms with van der Waals surface area (Å²) in [7, 11) is 3.77.